The summed E-state index contributed by atoms with van der Waals surface area (Å²) in [6.45, 7) is 1.96. The summed E-state index contributed by atoms with van der Waals surface area (Å²) in [7, 11) is 1.25. The van der Waals surface area contributed by atoms with Crippen LogP contribution in [0.3, 0.4) is 0 Å². The Bertz CT molecular complexity index is 500. The van der Waals surface area contributed by atoms with Crippen molar-refractivity contribution in [3.8, 4) is 0 Å². The highest BCUT2D eigenvalue weighted by Gasteiger charge is 2.27. The van der Waals surface area contributed by atoms with Gasteiger partial charge in [-0.05, 0) is 25.6 Å². The van der Waals surface area contributed by atoms with Crippen LogP contribution in [-0.2, 0) is 26.0 Å². The minimum Gasteiger partial charge on any atom is -0.447 e. The van der Waals surface area contributed by atoms with Crippen molar-refractivity contribution >= 4 is 10.0 Å². The Morgan fingerprint density at radius 2 is 1.90 bits per heavy atom. The molecule has 0 amide bonds. The van der Waals surface area contributed by atoms with Gasteiger partial charge < -0.3 is 19.2 Å². The zero-order chi connectivity index (χ0) is 15.7. The standard InChI is InChI=1S/C13H24N2O5S/c1-14-11-12-5-6-13(20-12)21(16,17)15(8-10-19-3)7-4-9-18-2/h5-6,14H,4,7-11H2,1-3H3. The second-order valence-electron chi connectivity index (χ2n) is 4.49. The molecule has 1 heterocycles. The number of hydrogen-bond acceptors (Lipinski definition) is 6. The van der Waals surface area contributed by atoms with Crippen LogP contribution in [-0.4, -0.2) is 60.3 Å². The van der Waals surface area contributed by atoms with Gasteiger partial charge in [0.25, 0.3) is 10.0 Å². The third-order valence-electron chi connectivity index (χ3n) is 2.88. The Kier molecular flexibility index (Phi) is 7.91. The second kappa shape index (κ2) is 9.16. The normalized spacial score (nSPS) is 12.2. The van der Waals surface area contributed by atoms with E-state index in [-0.39, 0.29) is 11.6 Å². The Morgan fingerprint density at radius 3 is 2.52 bits per heavy atom. The Morgan fingerprint density at radius 1 is 1.19 bits per heavy atom. The molecule has 21 heavy (non-hydrogen) atoms. The van der Waals surface area contributed by atoms with Gasteiger partial charge in [-0.3, -0.25) is 0 Å². The van der Waals surface area contributed by atoms with Crippen molar-refractivity contribution < 1.29 is 22.3 Å². The van der Waals surface area contributed by atoms with Gasteiger partial charge in [0, 0.05) is 33.9 Å². The van der Waals surface area contributed by atoms with Crippen molar-refractivity contribution in [2.24, 2.45) is 0 Å². The van der Waals surface area contributed by atoms with E-state index in [1.807, 2.05) is 0 Å². The monoisotopic (exact) mass is 320 g/mol. The predicted octanol–water partition coefficient (Wildman–Crippen LogP) is 0.673. The average Bonchev–Trinajstić information content (AvgIpc) is 2.92. The lowest BCUT2D eigenvalue weighted by atomic mass is 10.4. The van der Waals surface area contributed by atoms with E-state index in [0.29, 0.717) is 38.5 Å². The number of nitrogens with one attached hydrogen (secondary N) is 1. The van der Waals surface area contributed by atoms with E-state index in [1.54, 1.807) is 20.2 Å². The maximum Gasteiger partial charge on any atom is 0.276 e. The number of hydrogen-bond donors (Lipinski definition) is 1. The molecule has 7 nitrogen and oxygen atoms in total. The third kappa shape index (κ3) is 5.40. The third-order valence-corrected chi connectivity index (χ3v) is 4.66. The quantitative estimate of drug-likeness (QED) is 0.604. The molecule has 122 valence electrons. The minimum atomic E-state index is -3.65. The summed E-state index contributed by atoms with van der Waals surface area (Å²) in [4.78, 5) is 0. The maximum atomic E-state index is 12.6. The molecular formula is C13H24N2O5S. The van der Waals surface area contributed by atoms with Gasteiger partial charge in [-0.15, -0.1) is 0 Å². The van der Waals surface area contributed by atoms with Gasteiger partial charge in [0.05, 0.1) is 13.2 Å². The van der Waals surface area contributed by atoms with Crippen molar-refractivity contribution in [3.05, 3.63) is 17.9 Å². The van der Waals surface area contributed by atoms with Crippen molar-refractivity contribution in [2.75, 3.05) is 47.6 Å². The van der Waals surface area contributed by atoms with Gasteiger partial charge in [0.15, 0.2) is 0 Å². The van der Waals surface area contributed by atoms with E-state index in [4.69, 9.17) is 13.9 Å². The fourth-order valence-electron chi connectivity index (χ4n) is 1.82. The molecular weight excluding hydrogens is 296 g/mol. The summed E-state index contributed by atoms with van der Waals surface area (Å²) < 4.78 is 41.8. The van der Waals surface area contributed by atoms with E-state index in [1.165, 1.54) is 17.5 Å². The molecule has 0 aliphatic heterocycles. The molecule has 0 saturated carbocycles. The van der Waals surface area contributed by atoms with Gasteiger partial charge in [-0.25, -0.2) is 8.42 Å². The molecule has 0 aliphatic rings. The van der Waals surface area contributed by atoms with E-state index in [9.17, 15) is 8.42 Å². The van der Waals surface area contributed by atoms with E-state index in [0.717, 1.165) is 0 Å². The minimum absolute atomic E-state index is 0.0405. The molecule has 1 N–H and O–H groups in total. The molecule has 0 unspecified atom stereocenters. The van der Waals surface area contributed by atoms with E-state index in [2.05, 4.69) is 5.32 Å². The van der Waals surface area contributed by atoms with Crippen LogP contribution < -0.4 is 5.32 Å². The average molecular weight is 320 g/mol. The summed E-state index contributed by atoms with van der Waals surface area (Å²) in [6, 6.07) is 3.14. The van der Waals surface area contributed by atoms with Crippen molar-refractivity contribution in [1.29, 1.82) is 0 Å². The first-order valence-corrected chi connectivity index (χ1v) is 8.21. The lowest BCUT2D eigenvalue weighted by Crippen LogP contribution is -2.35. The van der Waals surface area contributed by atoms with Gasteiger partial charge in [-0.2, -0.15) is 4.31 Å². The summed E-state index contributed by atoms with van der Waals surface area (Å²) in [5.41, 5.74) is 0. The van der Waals surface area contributed by atoms with Gasteiger partial charge in [0.1, 0.15) is 5.76 Å². The largest absolute Gasteiger partial charge is 0.447 e. The molecule has 0 atom stereocenters. The first-order chi connectivity index (χ1) is 10.1. The van der Waals surface area contributed by atoms with Crippen LogP contribution in [0.25, 0.3) is 0 Å². The number of methoxy groups -OCH3 is 2. The van der Waals surface area contributed by atoms with Gasteiger partial charge in [-0.1, -0.05) is 0 Å². The number of nitrogens with zero attached hydrogens (tertiary/aromatic N) is 1. The molecule has 0 saturated heterocycles. The number of furan rings is 1. The highest BCUT2D eigenvalue weighted by atomic mass is 32.2. The first kappa shape index (κ1) is 18.1. The molecule has 0 aliphatic carbocycles. The predicted molar refractivity (Wildman–Crippen MR) is 78.6 cm³/mol. The Labute approximate surface area is 126 Å². The zero-order valence-electron chi connectivity index (χ0n) is 12.8. The van der Waals surface area contributed by atoms with Crippen molar-refractivity contribution in [1.82, 2.24) is 9.62 Å². The summed E-state index contributed by atoms with van der Waals surface area (Å²) >= 11 is 0. The molecule has 0 radical (unpaired) electrons. The molecule has 0 aromatic carbocycles. The molecule has 8 heteroatoms. The van der Waals surface area contributed by atoms with Crippen LogP contribution in [0.1, 0.15) is 12.2 Å². The highest BCUT2D eigenvalue weighted by Crippen LogP contribution is 2.19. The first-order valence-electron chi connectivity index (χ1n) is 6.77. The van der Waals surface area contributed by atoms with E-state index < -0.39 is 10.0 Å². The molecule has 1 aromatic rings. The number of sulfonamides is 1. The van der Waals surface area contributed by atoms with Gasteiger partial charge >= 0.3 is 0 Å². The van der Waals surface area contributed by atoms with Crippen LogP contribution in [0, 0.1) is 0 Å². The smallest absolute Gasteiger partial charge is 0.276 e. The molecule has 1 aromatic heterocycles. The van der Waals surface area contributed by atoms with Crippen LogP contribution in [0.5, 0.6) is 0 Å². The van der Waals surface area contributed by atoms with Crippen LogP contribution >= 0.6 is 0 Å². The molecule has 0 fully saturated rings. The molecule has 0 spiro atoms. The van der Waals surface area contributed by atoms with Gasteiger partial charge in [0.2, 0.25) is 5.09 Å². The van der Waals surface area contributed by atoms with Crippen molar-refractivity contribution in [2.45, 2.75) is 18.1 Å². The summed E-state index contributed by atoms with van der Waals surface area (Å²) in [6.07, 6.45) is 0.615. The van der Waals surface area contributed by atoms with Crippen LogP contribution in [0.15, 0.2) is 21.6 Å². The zero-order valence-corrected chi connectivity index (χ0v) is 13.6. The fraction of sp³-hybridized carbons (Fsp3) is 0.692. The van der Waals surface area contributed by atoms with Crippen LogP contribution in [0.2, 0.25) is 0 Å². The summed E-state index contributed by atoms with van der Waals surface area (Å²) in [5, 5.41) is 2.87. The van der Waals surface area contributed by atoms with Crippen molar-refractivity contribution in [3.63, 3.8) is 0 Å². The molecule has 0 bridgehead atoms. The number of rotatable bonds is 11. The van der Waals surface area contributed by atoms with Crippen LogP contribution in [0.4, 0.5) is 0 Å². The second-order valence-corrected chi connectivity index (χ2v) is 6.36. The summed E-state index contributed by atoms with van der Waals surface area (Å²) in [5.74, 6) is 0.583. The molecule has 1 rings (SSSR count). The Balaban J connectivity index is 2.84. The lowest BCUT2D eigenvalue weighted by Gasteiger charge is -2.20. The Hall–Kier alpha value is -0.930. The number of ether oxygens (including phenoxy) is 2. The fourth-order valence-corrected chi connectivity index (χ4v) is 3.22. The lowest BCUT2D eigenvalue weighted by molar-refractivity contribution is 0.163. The maximum absolute atomic E-state index is 12.6. The SMILES string of the molecule is CNCc1ccc(S(=O)(=O)N(CCCOC)CCOC)o1. The van der Waals surface area contributed by atoms with E-state index >= 15 is 0 Å². The highest BCUT2D eigenvalue weighted by molar-refractivity contribution is 7.89. The topological polar surface area (TPSA) is 81.0 Å².